The molecule has 0 saturated carbocycles. The molecule has 0 bridgehead atoms. The maximum absolute atomic E-state index is 11.8. The van der Waals surface area contributed by atoms with Gasteiger partial charge in [0.05, 0.1) is 12.7 Å². The number of primary amides is 1. The van der Waals surface area contributed by atoms with E-state index in [0.717, 1.165) is 5.56 Å². The third kappa shape index (κ3) is 3.93. The van der Waals surface area contributed by atoms with E-state index in [0.29, 0.717) is 16.3 Å². The molecule has 0 unspecified atom stereocenters. The summed E-state index contributed by atoms with van der Waals surface area (Å²) in [7, 11) is 1.58. The highest BCUT2D eigenvalue weighted by molar-refractivity contribution is 7.14. The highest BCUT2D eigenvalue weighted by atomic mass is 32.1. The van der Waals surface area contributed by atoms with Crippen LogP contribution in [0.1, 0.15) is 15.9 Å². The number of carbonyl (C=O) groups excluding carboxylic acids is 2. The van der Waals surface area contributed by atoms with Crippen LogP contribution in [0.25, 0.3) is 6.08 Å². The molecule has 0 fully saturated rings. The molecule has 2 amide bonds. The molecule has 108 valence electrons. The van der Waals surface area contributed by atoms with Crippen molar-refractivity contribution in [2.24, 2.45) is 5.73 Å². The third-order valence-corrected chi connectivity index (χ3v) is 3.52. The second kappa shape index (κ2) is 6.71. The number of carbonyl (C=O) groups is 2. The fourth-order valence-electron chi connectivity index (χ4n) is 1.67. The van der Waals surface area contributed by atoms with Gasteiger partial charge in [0, 0.05) is 6.08 Å². The van der Waals surface area contributed by atoms with Gasteiger partial charge in [0.2, 0.25) is 5.91 Å². The molecule has 1 heterocycles. The van der Waals surface area contributed by atoms with Crippen LogP contribution in [-0.4, -0.2) is 18.9 Å². The van der Waals surface area contributed by atoms with E-state index in [9.17, 15) is 9.59 Å². The summed E-state index contributed by atoms with van der Waals surface area (Å²) < 4.78 is 5.10. The molecule has 1 aromatic heterocycles. The summed E-state index contributed by atoms with van der Waals surface area (Å²) in [6.07, 6.45) is 3.05. The largest absolute Gasteiger partial charge is 0.497 e. The molecule has 6 heteroatoms. The van der Waals surface area contributed by atoms with Gasteiger partial charge in [-0.1, -0.05) is 12.1 Å². The first-order valence-corrected chi connectivity index (χ1v) is 6.98. The van der Waals surface area contributed by atoms with Gasteiger partial charge in [-0.15, -0.1) is 11.3 Å². The second-order valence-electron chi connectivity index (χ2n) is 4.13. The number of benzene rings is 1. The number of hydrogen-bond acceptors (Lipinski definition) is 4. The van der Waals surface area contributed by atoms with Crippen molar-refractivity contribution in [3.8, 4) is 5.75 Å². The maximum Gasteiger partial charge on any atom is 0.251 e. The van der Waals surface area contributed by atoms with Gasteiger partial charge in [0.1, 0.15) is 10.8 Å². The Kier molecular flexibility index (Phi) is 4.73. The van der Waals surface area contributed by atoms with Crippen molar-refractivity contribution in [2.75, 3.05) is 12.4 Å². The number of anilines is 1. The predicted octanol–water partition coefficient (Wildman–Crippen LogP) is 2.51. The maximum atomic E-state index is 11.8. The molecule has 2 aromatic rings. The van der Waals surface area contributed by atoms with Crippen molar-refractivity contribution in [3.63, 3.8) is 0 Å². The van der Waals surface area contributed by atoms with Crippen molar-refractivity contribution in [3.05, 3.63) is 52.9 Å². The lowest BCUT2D eigenvalue weighted by Gasteiger charge is -2.02. The first-order chi connectivity index (χ1) is 10.1. The summed E-state index contributed by atoms with van der Waals surface area (Å²) >= 11 is 1.25. The number of nitrogens with one attached hydrogen (secondary N) is 1. The first kappa shape index (κ1) is 14.8. The van der Waals surface area contributed by atoms with Crippen LogP contribution >= 0.6 is 11.3 Å². The monoisotopic (exact) mass is 302 g/mol. The van der Waals surface area contributed by atoms with Gasteiger partial charge < -0.3 is 15.8 Å². The Bertz CT molecular complexity index is 692. The lowest BCUT2D eigenvalue weighted by molar-refractivity contribution is -0.111. The Morgan fingerprint density at radius 3 is 2.86 bits per heavy atom. The molecule has 0 radical (unpaired) electrons. The Balaban J connectivity index is 2.05. The van der Waals surface area contributed by atoms with Crippen LogP contribution in [0.15, 0.2) is 41.8 Å². The molecule has 0 aliphatic heterocycles. The van der Waals surface area contributed by atoms with Crippen molar-refractivity contribution >= 4 is 34.2 Å². The van der Waals surface area contributed by atoms with Crippen LogP contribution in [0.2, 0.25) is 0 Å². The van der Waals surface area contributed by atoms with Crippen LogP contribution in [0.3, 0.4) is 0 Å². The minimum Gasteiger partial charge on any atom is -0.497 e. The highest BCUT2D eigenvalue weighted by Gasteiger charge is 2.10. The molecule has 5 nitrogen and oxygen atoms in total. The number of ether oxygens (including phenoxy) is 1. The number of methoxy groups -OCH3 is 1. The van der Waals surface area contributed by atoms with E-state index >= 15 is 0 Å². The fourth-order valence-corrected chi connectivity index (χ4v) is 2.47. The van der Waals surface area contributed by atoms with E-state index in [1.165, 1.54) is 17.4 Å². The molecule has 21 heavy (non-hydrogen) atoms. The van der Waals surface area contributed by atoms with Crippen LogP contribution in [0.5, 0.6) is 5.75 Å². The van der Waals surface area contributed by atoms with Gasteiger partial charge in [0.15, 0.2) is 0 Å². The Hall–Kier alpha value is -2.60. The average Bonchev–Trinajstić information content (AvgIpc) is 2.93. The van der Waals surface area contributed by atoms with Gasteiger partial charge in [-0.2, -0.15) is 0 Å². The van der Waals surface area contributed by atoms with E-state index in [-0.39, 0.29) is 5.91 Å². The normalized spacial score (nSPS) is 10.5. The van der Waals surface area contributed by atoms with Gasteiger partial charge >= 0.3 is 0 Å². The van der Waals surface area contributed by atoms with Gasteiger partial charge in [-0.05, 0) is 35.2 Å². The molecule has 0 atom stereocenters. The minimum absolute atomic E-state index is 0.308. The molecule has 0 saturated heterocycles. The number of amides is 2. The molecular weight excluding hydrogens is 288 g/mol. The summed E-state index contributed by atoms with van der Waals surface area (Å²) in [5, 5.41) is 4.77. The standard InChI is InChI=1S/C15H14N2O3S/c1-20-11-4-2-3-10(9-11)5-6-13(18)17-15-12(14(16)19)7-8-21-15/h2-9H,1H3,(H2,16,19)(H,17,18)/b6-5+. The number of rotatable bonds is 5. The summed E-state index contributed by atoms with van der Waals surface area (Å²) in [6, 6.07) is 8.90. The first-order valence-electron chi connectivity index (χ1n) is 6.10. The zero-order valence-corrected chi connectivity index (χ0v) is 12.1. The number of nitrogens with two attached hydrogens (primary N) is 1. The number of thiophene rings is 1. The Labute approximate surface area is 126 Å². The molecule has 0 aliphatic rings. The lowest BCUT2D eigenvalue weighted by Crippen LogP contribution is -2.14. The van der Waals surface area contributed by atoms with Crippen molar-refractivity contribution in [1.29, 1.82) is 0 Å². The smallest absolute Gasteiger partial charge is 0.251 e. The highest BCUT2D eigenvalue weighted by Crippen LogP contribution is 2.22. The molecule has 0 spiro atoms. The van der Waals surface area contributed by atoms with Crippen LogP contribution < -0.4 is 15.8 Å². The summed E-state index contributed by atoms with van der Waals surface area (Å²) in [5.74, 6) is -0.182. The van der Waals surface area contributed by atoms with E-state index in [4.69, 9.17) is 10.5 Å². The van der Waals surface area contributed by atoms with Gasteiger partial charge in [-0.3, -0.25) is 9.59 Å². The molecule has 3 N–H and O–H groups in total. The third-order valence-electron chi connectivity index (χ3n) is 2.69. The quantitative estimate of drug-likeness (QED) is 0.833. The van der Waals surface area contributed by atoms with Gasteiger partial charge in [-0.25, -0.2) is 0 Å². The van der Waals surface area contributed by atoms with Crippen molar-refractivity contribution in [1.82, 2.24) is 0 Å². The molecular formula is C15H14N2O3S. The molecule has 1 aromatic carbocycles. The van der Waals surface area contributed by atoms with Crippen molar-refractivity contribution < 1.29 is 14.3 Å². The SMILES string of the molecule is COc1cccc(/C=C/C(=O)Nc2sccc2C(N)=O)c1. The van der Waals surface area contributed by atoms with E-state index in [2.05, 4.69) is 5.32 Å². The molecule has 2 rings (SSSR count). The summed E-state index contributed by atoms with van der Waals surface area (Å²) in [4.78, 5) is 23.0. The summed E-state index contributed by atoms with van der Waals surface area (Å²) in [5.41, 5.74) is 6.36. The van der Waals surface area contributed by atoms with E-state index < -0.39 is 5.91 Å². The number of hydrogen-bond donors (Lipinski definition) is 2. The Morgan fingerprint density at radius 2 is 2.14 bits per heavy atom. The second-order valence-corrected chi connectivity index (χ2v) is 5.04. The zero-order valence-electron chi connectivity index (χ0n) is 11.3. The predicted molar refractivity (Wildman–Crippen MR) is 83.5 cm³/mol. The fraction of sp³-hybridized carbons (Fsp3) is 0.0667. The topological polar surface area (TPSA) is 81.4 Å². The zero-order chi connectivity index (χ0) is 15.2. The van der Waals surface area contributed by atoms with Gasteiger partial charge in [0.25, 0.3) is 5.91 Å². The summed E-state index contributed by atoms with van der Waals surface area (Å²) in [6.45, 7) is 0. The van der Waals surface area contributed by atoms with Crippen LogP contribution in [0.4, 0.5) is 5.00 Å². The van der Waals surface area contributed by atoms with Crippen LogP contribution in [0, 0.1) is 0 Å². The average molecular weight is 302 g/mol. The lowest BCUT2D eigenvalue weighted by atomic mass is 10.2. The molecule has 0 aliphatic carbocycles. The minimum atomic E-state index is -0.566. The van der Waals surface area contributed by atoms with Crippen LogP contribution in [-0.2, 0) is 4.79 Å². The Morgan fingerprint density at radius 1 is 1.33 bits per heavy atom. The van der Waals surface area contributed by atoms with E-state index in [1.54, 1.807) is 24.6 Å². The van der Waals surface area contributed by atoms with Crippen molar-refractivity contribution in [2.45, 2.75) is 0 Å². The van der Waals surface area contributed by atoms with E-state index in [1.807, 2.05) is 24.3 Å².